The molecule has 1 aromatic heterocycles. The summed E-state index contributed by atoms with van der Waals surface area (Å²) in [6, 6.07) is 12.4. The van der Waals surface area contributed by atoms with E-state index in [0.717, 1.165) is 9.63 Å². The highest BCUT2D eigenvalue weighted by Crippen LogP contribution is 2.26. The summed E-state index contributed by atoms with van der Waals surface area (Å²) in [4.78, 5) is 0.965. The van der Waals surface area contributed by atoms with Crippen molar-refractivity contribution in [2.75, 3.05) is 0 Å². The third-order valence-electron chi connectivity index (χ3n) is 1.83. The number of aromatic hydroxyl groups is 1. The lowest BCUT2D eigenvalue weighted by atomic mass is 10.4. The molecule has 2 aromatic rings. The molecule has 0 aliphatic heterocycles. The fourth-order valence-electron chi connectivity index (χ4n) is 1.14. The van der Waals surface area contributed by atoms with Crippen LogP contribution in [0.1, 0.15) is 0 Å². The number of benzene rings is 1. The molecule has 0 saturated carbocycles. The van der Waals surface area contributed by atoms with Gasteiger partial charge in [-0.2, -0.15) is 4.73 Å². The summed E-state index contributed by atoms with van der Waals surface area (Å²) < 4.78 is 0.734. The highest BCUT2D eigenvalue weighted by molar-refractivity contribution is 7.99. The summed E-state index contributed by atoms with van der Waals surface area (Å²) in [5.41, 5.74) is 0. The van der Waals surface area contributed by atoms with E-state index in [1.165, 1.54) is 30.1 Å². The predicted octanol–water partition coefficient (Wildman–Crippen LogP) is 2.18. The zero-order chi connectivity index (χ0) is 10.7. The van der Waals surface area contributed by atoms with E-state index in [2.05, 4.69) is 0 Å². The highest BCUT2D eigenvalue weighted by Gasteiger charge is 2.08. The molecule has 15 heavy (non-hydrogen) atoms. The van der Waals surface area contributed by atoms with Crippen molar-refractivity contribution in [1.29, 1.82) is 0 Å². The molecule has 2 rings (SSSR count). The van der Waals surface area contributed by atoms with Gasteiger partial charge < -0.3 is 10.3 Å². The third-order valence-corrected chi connectivity index (χ3v) is 2.85. The molecule has 0 unspecified atom stereocenters. The van der Waals surface area contributed by atoms with Gasteiger partial charge in [0.05, 0.1) is 6.07 Å². The minimum Gasteiger partial charge on any atom is -0.618 e. The van der Waals surface area contributed by atoms with Crippen LogP contribution in [0.25, 0.3) is 0 Å². The average molecular weight is 219 g/mol. The van der Waals surface area contributed by atoms with Gasteiger partial charge in [-0.05, 0) is 23.9 Å². The van der Waals surface area contributed by atoms with Crippen LogP contribution >= 0.6 is 11.8 Å². The zero-order valence-electron chi connectivity index (χ0n) is 7.83. The molecule has 0 fully saturated rings. The topological polar surface area (TPSA) is 47.2 Å². The number of hydrogen-bond acceptors (Lipinski definition) is 3. The van der Waals surface area contributed by atoms with E-state index in [1.807, 2.05) is 30.3 Å². The molecule has 3 nitrogen and oxygen atoms in total. The Morgan fingerprint density at radius 1 is 1.13 bits per heavy atom. The molecule has 0 saturated heterocycles. The number of rotatable bonds is 2. The predicted molar refractivity (Wildman–Crippen MR) is 57.6 cm³/mol. The summed E-state index contributed by atoms with van der Waals surface area (Å²) in [5.74, 6) is 0.0977. The first kappa shape index (κ1) is 9.86. The molecule has 0 atom stereocenters. The quantitative estimate of drug-likeness (QED) is 0.622. The highest BCUT2D eigenvalue weighted by atomic mass is 32.2. The van der Waals surface area contributed by atoms with Crippen LogP contribution in [-0.4, -0.2) is 5.11 Å². The lowest BCUT2D eigenvalue weighted by Crippen LogP contribution is -2.27. The van der Waals surface area contributed by atoms with Crippen molar-refractivity contribution in [3.8, 4) is 5.75 Å². The molecule has 0 amide bonds. The molecule has 0 radical (unpaired) electrons. The molecule has 76 valence electrons. The van der Waals surface area contributed by atoms with Crippen LogP contribution in [0, 0.1) is 5.21 Å². The summed E-state index contributed by atoms with van der Waals surface area (Å²) in [5, 5.41) is 21.1. The van der Waals surface area contributed by atoms with E-state index >= 15 is 0 Å². The van der Waals surface area contributed by atoms with Crippen LogP contribution in [0.4, 0.5) is 0 Å². The summed E-state index contributed by atoms with van der Waals surface area (Å²) in [6.07, 6.45) is 1.29. The minimum atomic E-state index is 0.0977. The van der Waals surface area contributed by atoms with Crippen LogP contribution in [0.2, 0.25) is 0 Å². The van der Waals surface area contributed by atoms with E-state index in [4.69, 9.17) is 0 Å². The molecule has 4 heteroatoms. The fourth-order valence-corrected chi connectivity index (χ4v) is 2.00. The maximum Gasteiger partial charge on any atom is 0.259 e. The van der Waals surface area contributed by atoms with Gasteiger partial charge in [0, 0.05) is 11.0 Å². The molecular formula is C11H9NO2S. The summed E-state index contributed by atoms with van der Waals surface area (Å²) in [7, 11) is 0. The molecule has 1 heterocycles. The first-order valence-corrected chi connectivity index (χ1v) is 5.22. The van der Waals surface area contributed by atoms with Crippen LogP contribution in [0.5, 0.6) is 5.75 Å². The van der Waals surface area contributed by atoms with Gasteiger partial charge in [0.25, 0.3) is 5.03 Å². The molecular weight excluding hydrogens is 210 g/mol. The van der Waals surface area contributed by atoms with Gasteiger partial charge in [0.15, 0.2) is 6.20 Å². The lowest BCUT2D eigenvalue weighted by Gasteiger charge is -2.03. The monoisotopic (exact) mass is 219 g/mol. The zero-order valence-corrected chi connectivity index (χ0v) is 8.65. The van der Waals surface area contributed by atoms with E-state index in [-0.39, 0.29) is 5.75 Å². The van der Waals surface area contributed by atoms with Crippen molar-refractivity contribution in [2.24, 2.45) is 0 Å². The summed E-state index contributed by atoms with van der Waals surface area (Å²) >= 11 is 1.32. The Morgan fingerprint density at radius 2 is 1.87 bits per heavy atom. The van der Waals surface area contributed by atoms with E-state index in [9.17, 15) is 10.3 Å². The maximum atomic E-state index is 11.4. The van der Waals surface area contributed by atoms with Gasteiger partial charge in [-0.15, -0.1) is 0 Å². The smallest absolute Gasteiger partial charge is 0.259 e. The van der Waals surface area contributed by atoms with E-state index < -0.39 is 0 Å². The largest absolute Gasteiger partial charge is 0.618 e. The molecule has 0 bridgehead atoms. The number of nitrogens with zero attached hydrogens (tertiary/aromatic N) is 1. The SMILES string of the molecule is [O-][n+]1ccc(O)cc1Sc1ccccc1. The van der Waals surface area contributed by atoms with Crippen LogP contribution in [0.3, 0.4) is 0 Å². The van der Waals surface area contributed by atoms with E-state index in [1.54, 1.807) is 0 Å². The van der Waals surface area contributed by atoms with Crippen molar-refractivity contribution in [3.63, 3.8) is 0 Å². The number of hydrogen-bond donors (Lipinski definition) is 1. The van der Waals surface area contributed by atoms with Crippen LogP contribution < -0.4 is 4.73 Å². The Labute approximate surface area is 91.6 Å². The molecule has 0 aliphatic rings. The molecule has 0 aliphatic carbocycles. The molecule has 0 spiro atoms. The second-order valence-electron chi connectivity index (χ2n) is 2.96. The van der Waals surface area contributed by atoms with Crippen molar-refractivity contribution in [1.82, 2.24) is 0 Å². The lowest BCUT2D eigenvalue weighted by molar-refractivity contribution is -0.645. The Balaban J connectivity index is 2.28. The van der Waals surface area contributed by atoms with Gasteiger partial charge in [-0.1, -0.05) is 18.2 Å². The average Bonchev–Trinajstić information content (AvgIpc) is 2.25. The number of aromatic nitrogens is 1. The normalized spacial score (nSPS) is 10.1. The van der Waals surface area contributed by atoms with Crippen molar-refractivity contribution >= 4 is 11.8 Å². The van der Waals surface area contributed by atoms with Crippen molar-refractivity contribution in [3.05, 3.63) is 53.9 Å². The van der Waals surface area contributed by atoms with E-state index in [0.29, 0.717) is 5.03 Å². The van der Waals surface area contributed by atoms with Gasteiger partial charge in [-0.3, -0.25) is 0 Å². The van der Waals surface area contributed by atoms with Crippen molar-refractivity contribution < 1.29 is 9.84 Å². The molecule has 1 aromatic carbocycles. The van der Waals surface area contributed by atoms with Crippen molar-refractivity contribution in [2.45, 2.75) is 9.92 Å². The fraction of sp³-hybridized carbons (Fsp3) is 0. The maximum absolute atomic E-state index is 11.4. The van der Waals surface area contributed by atoms with Crippen LogP contribution in [0.15, 0.2) is 58.6 Å². The first-order chi connectivity index (χ1) is 7.25. The van der Waals surface area contributed by atoms with Gasteiger partial charge in [0.1, 0.15) is 5.75 Å². The Bertz CT molecular complexity index is 459. The Kier molecular flexibility index (Phi) is 2.78. The Morgan fingerprint density at radius 3 is 2.60 bits per heavy atom. The number of pyridine rings is 1. The van der Waals surface area contributed by atoms with Gasteiger partial charge in [-0.25, -0.2) is 0 Å². The second kappa shape index (κ2) is 4.23. The standard InChI is InChI=1S/C11H9NO2S/c13-9-6-7-12(14)11(8-9)15-10-4-2-1-3-5-10/h1-8,13H. The van der Waals surface area contributed by atoms with Gasteiger partial charge in [0.2, 0.25) is 0 Å². The van der Waals surface area contributed by atoms with Crippen LogP contribution in [-0.2, 0) is 0 Å². The summed E-state index contributed by atoms with van der Waals surface area (Å²) in [6.45, 7) is 0. The second-order valence-corrected chi connectivity index (χ2v) is 4.06. The van der Waals surface area contributed by atoms with Gasteiger partial charge >= 0.3 is 0 Å². The Hall–Kier alpha value is -1.68. The third kappa shape index (κ3) is 2.41. The molecule has 1 N–H and O–H groups in total. The minimum absolute atomic E-state index is 0.0977. The first-order valence-electron chi connectivity index (χ1n) is 4.41.